The molecular weight excluding hydrogens is 322 g/mol. The van der Waals surface area contributed by atoms with E-state index in [4.69, 9.17) is 0 Å². The topological polar surface area (TPSA) is 30.0 Å². The molecule has 2 heterocycles. The quantitative estimate of drug-likeness (QED) is 0.854. The van der Waals surface area contributed by atoms with Gasteiger partial charge in [-0.15, -0.1) is 11.8 Å². The van der Waals surface area contributed by atoms with Crippen LogP contribution in [0.3, 0.4) is 0 Å². The molecule has 1 atom stereocenters. The van der Waals surface area contributed by atoms with Gasteiger partial charge in [-0.25, -0.2) is 0 Å². The van der Waals surface area contributed by atoms with Gasteiger partial charge in [-0.05, 0) is 39.7 Å². The van der Waals surface area contributed by atoms with E-state index >= 15 is 0 Å². The molecule has 0 radical (unpaired) electrons. The van der Waals surface area contributed by atoms with Crippen molar-refractivity contribution in [1.29, 1.82) is 0 Å². The van der Waals surface area contributed by atoms with Crippen LogP contribution in [0.1, 0.15) is 17.2 Å². The highest BCUT2D eigenvalue weighted by atomic mass is 79.9. The van der Waals surface area contributed by atoms with Crippen molar-refractivity contribution in [2.75, 3.05) is 5.75 Å². The van der Waals surface area contributed by atoms with Gasteiger partial charge in [-0.3, -0.25) is 9.78 Å². The van der Waals surface area contributed by atoms with Crippen LogP contribution >= 0.6 is 27.7 Å². The summed E-state index contributed by atoms with van der Waals surface area (Å²) in [7, 11) is 0. The Kier molecular flexibility index (Phi) is 3.71. The number of ketones is 1. The van der Waals surface area contributed by atoms with E-state index in [0.717, 1.165) is 15.9 Å². The number of fused-ring (bicyclic) bond motifs is 1. The van der Waals surface area contributed by atoms with Crippen molar-refractivity contribution in [3.05, 3.63) is 58.3 Å². The van der Waals surface area contributed by atoms with Gasteiger partial charge >= 0.3 is 0 Å². The van der Waals surface area contributed by atoms with E-state index in [1.54, 1.807) is 18.0 Å². The summed E-state index contributed by atoms with van der Waals surface area (Å²) in [4.78, 5) is 17.9. The van der Waals surface area contributed by atoms with E-state index in [1.807, 2.05) is 24.3 Å². The number of carbonyl (C=O) groups is 1. The molecule has 0 bridgehead atoms. The van der Waals surface area contributed by atoms with Crippen molar-refractivity contribution in [2.45, 2.75) is 17.2 Å². The Hall–Kier alpha value is -1.13. The Balaban J connectivity index is 1.77. The number of thioether (sulfide) groups is 1. The summed E-state index contributed by atoms with van der Waals surface area (Å²) < 4.78 is 0.936. The minimum atomic E-state index is 0.0200. The maximum Gasteiger partial charge on any atom is 0.147 e. The average molecular weight is 334 g/mol. The van der Waals surface area contributed by atoms with Crippen LogP contribution in [-0.4, -0.2) is 16.5 Å². The molecule has 0 saturated heterocycles. The lowest BCUT2D eigenvalue weighted by Crippen LogP contribution is -2.15. The predicted molar refractivity (Wildman–Crippen MR) is 80.6 cm³/mol. The molecule has 1 aliphatic heterocycles. The summed E-state index contributed by atoms with van der Waals surface area (Å²) in [5.74, 6) is 1.13. The molecule has 4 heteroatoms. The first-order valence-electron chi connectivity index (χ1n) is 6.09. The number of hydrogen-bond acceptors (Lipinski definition) is 3. The Morgan fingerprint density at radius 3 is 2.95 bits per heavy atom. The fraction of sp³-hybridized carbons (Fsp3) is 0.200. The first-order chi connectivity index (χ1) is 9.24. The Bertz CT molecular complexity index is 612. The highest BCUT2D eigenvalue weighted by molar-refractivity contribution is 9.10. The van der Waals surface area contributed by atoms with Gasteiger partial charge in [0.15, 0.2) is 0 Å². The molecule has 0 saturated carbocycles. The third-order valence-corrected chi connectivity index (χ3v) is 4.88. The van der Waals surface area contributed by atoms with Crippen molar-refractivity contribution in [1.82, 2.24) is 4.98 Å². The Morgan fingerprint density at radius 2 is 2.16 bits per heavy atom. The summed E-state index contributed by atoms with van der Waals surface area (Å²) in [6.45, 7) is 0. The number of benzene rings is 1. The number of hydrogen-bond donors (Lipinski definition) is 0. The Labute approximate surface area is 124 Å². The summed E-state index contributed by atoms with van der Waals surface area (Å²) in [6, 6.07) is 12.0. The molecule has 0 aliphatic carbocycles. The standard InChI is InChI=1S/C15H12BrNOS/c16-10-5-6-11(17-8-10)7-14(18)13-9-19-15-4-2-1-3-12(13)15/h1-6,8,13H,7,9H2. The number of nitrogens with zero attached hydrogens (tertiary/aromatic N) is 1. The molecule has 1 aromatic heterocycles. The second kappa shape index (κ2) is 5.47. The van der Waals surface area contributed by atoms with Crippen LogP contribution in [0.4, 0.5) is 0 Å². The van der Waals surface area contributed by atoms with Gasteiger partial charge in [0.05, 0.1) is 5.92 Å². The van der Waals surface area contributed by atoms with Gasteiger partial charge in [0.25, 0.3) is 0 Å². The van der Waals surface area contributed by atoms with Gasteiger partial charge in [0.2, 0.25) is 0 Å². The molecular formula is C15H12BrNOS. The van der Waals surface area contributed by atoms with E-state index in [1.165, 1.54) is 10.5 Å². The molecule has 96 valence electrons. The van der Waals surface area contributed by atoms with Gasteiger partial charge in [0, 0.05) is 33.4 Å². The van der Waals surface area contributed by atoms with Crippen molar-refractivity contribution in [3.8, 4) is 0 Å². The largest absolute Gasteiger partial charge is 0.299 e. The van der Waals surface area contributed by atoms with Crippen molar-refractivity contribution >= 4 is 33.5 Å². The maximum absolute atomic E-state index is 12.4. The Morgan fingerprint density at radius 1 is 1.32 bits per heavy atom. The summed E-state index contributed by atoms with van der Waals surface area (Å²) >= 11 is 5.12. The molecule has 3 rings (SSSR count). The molecule has 0 amide bonds. The molecule has 0 fully saturated rings. The number of Topliss-reactive ketones (excluding diaryl/α,β-unsaturated/α-hetero) is 1. The van der Waals surface area contributed by atoms with Gasteiger partial charge in [-0.2, -0.15) is 0 Å². The highest BCUT2D eigenvalue weighted by Gasteiger charge is 2.28. The number of pyridine rings is 1. The van der Waals surface area contributed by atoms with Crippen LogP contribution in [0.25, 0.3) is 0 Å². The van der Waals surface area contributed by atoms with Gasteiger partial charge in [-0.1, -0.05) is 18.2 Å². The summed E-state index contributed by atoms with van der Waals surface area (Å²) in [5, 5.41) is 0. The van der Waals surface area contributed by atoms with Crippen LogP contribution in [0.2, 0.25) is 0 Å². The zero-order valence-electron chi connectivity index (χ0n) is 10.2. The first kappa shape index (κ1) is 12.9. The number of halogens is 1. The van der Waals surface area contributed by atoms with Crippen LogP contribution in [0.15, 0.2) is 52.0 Å². The lowest BCUT2D eigenvalue weighted by molar-refractivity contribution is -0.119. The second-order valence-electron chi connectivity index (χ2n) is 4.51. The lowest BCUT2D eigenvalue weighted by atomic mass is 9.94. The minimum absolute atomic E-state index is 0.0200. The molecule has 2 nitrogen and oxygen atoms in total. The van der Waals surface area contributed by atoms with Crippen molar-refractivity contribution in [2.24, 2.45) is 0 Å². The molecule has 1 aliphatic rings. The molecule has 0 N–H and O–H groups in total. The summed E-state index contributed by atoms with van der Waals surface area (Å²) in [6.07, 6.45) is 2.15. The predicted octanol–water partition coefficient (Wildman–Crippen LogP) is 3.85. The summed E-state index contributed by atoms with van der Waals surface area (Å²) in [5.41, 5.74) is 2.01. The molecule has 2 aromatic rings. The highest BCUT2D eigenvalue weighted by Crippen LogP contribution is 2.40. The third-order valence-electron chi connectivity index (χ3n) is 3.23. The molecule has 0 spiro atoms. The van der Waals surface area contributed by atoms with Gasteiger partial charge in [0.1, 0.15) is 5.78 Å². The fourth-order valence-electron chi connectivity index (χ4n) is 2.24. The van der Waals surface area contributed by atoms with Crippen LogP contribution < -0.4 is 0 Å². The van der Waals surface area contributed by atoms with E-state index < -0.39 is 0 Å². The van der Waals surface area contributed by atoms with E-state index in [-0.39, 0.29) is 11.7 Å². The zero-order valence-corrected chi connectivity index (χ0v) is 12.6. The molecule has 1 aromatic carbocycles. The molecule has 19 heavy (non-hydrogen) atoms. The van der Waals surface area contributed by atoms with Crippen LogP contribution in [-0.2, 0) is 11.2 Å². The van der Waals surface area contributed by atoms with E-state index in [9.17, 15) is 4.79 Å². The van der Waals surface area contributed by atoms with Crippen LogP contribution in [0, 0.1) is 0 Å². The normalized spacial score (nSPS) is 17.2. The fourth-order valence-corrected chi connectivity index (χ4v) is 3.74. The van der Waals surface area contributed by atoms with Crippen LogP contribution in [0.5, 0.6) is 0 Å². The number of aromatic nitrogens is 1. The molecule has 1 unspecified atom stereocenters. The first-order valence-corrected chi connectivity index (χ1v) is 7.87. The van der Waals surface area contributed by atoms with Crippen molar-refractivity contribution in [3.63, 3.8) is 0 Å². The number of rotatable bonds is 3. The van der Waals surface area contributed by atoms with E-state index in [2.05, 4.69) is 33.0 Å². The smallest absolute Gasteiger partial charge is 0.147 e. The monoisotopic (exact) mass is 333 g/mol. The van der Waals surface area contributed by atoms with E-state index in [0.29, 0.717) is 6.42 Å². The van der Waals surface area contributed by atoms with Gasteiger partial charge < -0.3 is 0 Å². The van der Waals surface area contributed by atoms with Crippen molar-refractivity contribution < 1.29 is 4.79 Å². The third kappa shape index (κ3) is 2.74. The minimum Gasteiger partial charge on any atom is -0.299 e. The zero-order chi connectivity index (χ0) is 13.2. The lowest BCUT2D eigenvalue weighted by Gasteiger charge is -2.09. The maximum atomic E-state index is 12.4. The average Bonchev–Trinajstić information content (AvgIpc) is 2.85. The number of carbonyl (C=O) groups excluding carboxylic acids is 1. The second-order valence-corrected chi connectivity index (χ2v) is 6.49. The SMILES string of the molecule is O=C(Cc1ccc(Br)cn1)C1CSc2ccccc21.